The predicted molar refractivity (Wildman–Crippen MR) is 36.3 cm³/mol. The lowest BCUT2D eigenvalue weighted by Crippen LogP contribution is -2.28. The van der Waals surface area contributed by atoms with Crippen molar-refractivity contribution in [3.63, 3.8) is 0 Å². The summed E-state index contributed by atoms with van der Waals surface area (Å²) in [5.74, 6) is 0. The van der Waals surface area contributed by atoms with Gasteiger partial charge in [-0.15, -0.1) is 0 Å². The van der Waals surface area contributed by atoms with E-state index in [0.717, 1.165) is 6.54 Å². The van der Waals surface area contributed by atoms with E-state index in [9.17, 15) is 0 Å². The molecule has 0 bridgehead atoms. The molecule has 0 saturated heterocycles. The second-order valence-electron chi connectivity index (χ2n) is 1.49. The van der Waals surface area contributed by atoms with Gasteiger partial charge in [-0.25, -0.2) is 5.43 Å². The Kier molecular flexibility index (Phi) is 4.36. The molecule has 0 unspecified atom stereocenters. The maximum atomic E-state index is 3.00. The molecule has 0 aromatic carbocycles. The molecule has 0 atom stereocenters. The smallest absolute Gasteiger partial charge is 0.0309 e. The molecule has 0 aliphatic rings. The van der Waals surface area contributed by atoms with E-state index in [1.807, 2.05) is 31.3 Å². The quantitative estimate of drug-likeness (QED) is 0.550. The first-order valence-electron chi connectivity index (χ1n) is 2.92. The number of hydrogen-bond donors (Lipinski definition) is 1. The monoisotopic (exact) mass is 114 g/mol. The third-order valence-electron chi connectivity index (χ3n) is 0.957. The highest BCUT2D eigenvalue weighted by Gasteiger charge is 1.83. The van der Waals surface area contributed by atoms with Crippen molar-refractivity contribution < 1.29 is 0 Å². The normalized spacial score (nSPS) is 10.4. The molecule has 8 heavy (non-hydrogen) atoms. The van der Waals surface area contributed by atoms with E-state index in [2.05, 4.69) is 12.3 Å². The van der Waals surface area contributed by atoms with Gasteiger partial charge in [-0.1, -0.05) is 6.08 Å². The topological polar surface area (TPSA) is 15.3 Å². The molecular formula is C6H14N2. The van der Waals surface area contributed by atoms with E-state index < -0.39 is 0 Å². The third kappa shape index (κ3) is 2.64. The number of rotatable bonds is 3. The van der Waals surface area contributed by atoms with Crippen molar-refractivity contribution in [3.05, 3.63) is 12.3 Å². The fraction of sp³-hybridized carbons (Fsp3) is 0.667. The Bertz CT molecular complexity index is 64.9. The molecule has 2 nitrogen and oxygen atoms in total. The molecule has 0 aromatic heterocycles. The van der Waals surface area contributed by atoms with Crippen LogP contribution in [0.25, 0.3) is 0 Å². The summed E-state index contributed by atoms with van der Waals surface area (Å²) >= 11 is 0. The molecule has 0 aromatic rings. The molecule has 0 amide bonds. The zero-order chi connectivity index (χ0) is 6.41. The van der Waals surface area contributed by atoms with Crippen molar-refractivity contribution >= 4 is 0 Å². The SMILES string of the molecule is C/C=C/N(CC)NC. The van der Waals surface area contributed by atoms with Crippen molar-refractivity contribution in [2.24, 2.45) is 0 Å². The van der Waals surface area contributed by atoms with Crippen molar-refractivity contribution in [2.45, 2.75) is 13.8 Å². The van der Waals surface area contributed by atoms with Crippen LogP contribution < -0.4 is 5.43 Å². The Morgan fingerprint density at radius 2 is 2.25 bits per heavy atom. The Balaban J connectivity index is 3.36. The highest BCUT2D eigenvalue weighted by molar-refractivity contribution is 4.74. The Morgan fingerprint density at radius 1 is 1.62 bits per heavy atom. The van der Waals surface area contributed by atoms with Gasteiger partial charge in [0, 0.05) is 19.8 Å². The van der Waals surface area contributed by atoms with E-state index in [-0.39, 0.29) is 0 Å². The van der Waals surface area contributed by atoms with Crippen molar-refractivity contribution in [1.82, 2.24) is 10.4 Å². The van der Waals surface area contributed by atoms with E-state index in [4.69, 9.17) is 0 Å². The minimum atomic E-state index is 1.00. The predicted octanol–water partition coefficient (Wildman–Crippen LogP) is 0.976. The maximum absolute atomic E-state index is 3.00. The lowest BCUT2D eigenvalue weighted by Gasteiger charge is -2.14. The van der Waals surface area contributed by atoms with Crippen LogP contribution in [0.1, 0.15) is 13.8 Å². The molecule has 0 aliphatic heterocycles. The number of hydrazine groups is 1. The summed E-state index contributed by atoms with van der Waals surface area (Å²) in [5.41, 5.74) is 3.00. The number of allylic oxidation sites excluding steroid dienone is 1. The Labute approximate surface area is 51.2 Å². The summed E-state index contributed by atoms with van der Waals surface area (Å²) < 4.78 is 0. The lowest BCUT2D eigenvalue weighted by atomic mass is 10.6. The molecule has 0 radical (unpaired) electrons. The summed E-state index contributed by atoms with van der Waals surface area (Å²) in [5, 5.41) is 2.00. The minimum Gasteiger partial charge on any atom is -0.317 e. The summed E-state index contributed by atoms with van der Waals surface area (Å²) in [4.78, 5) is 0. The van der Waals surface area contributed by atoms with Crippen LogP contribution >= 0.6 is 0 Å². The van der Waals surface area contributed by atoms with Crippen molar-refractivity contribution in [3.8, 4) is 0 Å². The largest absolute Gasteiger partial charge is 0.317 e. The standard InChI is InChI=1S/C6H14N2/c1-4-6-8(5-2)7-3/h4,6-7H,5H2,1-3H3/b6-4+. The lowest BCUT2D eigenvalue weighted by molar-refractivity contribution is 0.314. The first-order chi connectivity index (χ1) is 3.85. The minimum absolute atomic E-state index is 1.00. The van der Waals surface area contributed by atoms with Crippen LogP contribution in [0.5, 0.6) is 0 Å². The van der Waals surface area contributed by atoms with Crippen LogP contribution in [0, 0.1) is 0 Å². The molecule has 0 saturated carbocycles. The molecule has 48 valence electrons. The van der Waals surface area contributed by atoms with Crippen LogP contribution in [-0.2, 0) is 0 Å². The van der Waals surface area contributed by atoms with Crippen LogP contribution in [0.3, 0.4) is 0 Å². The fourth-order valence-electron chi connectivity index (χ4n) is 0.518. The molecule has 1 N–H and O–H groups in total. The van der Waals surface area contributed by atoms with Gasteiger partial charge in [0.05, 0.1) is 0 Å². The summed E-state index contributed by atoms with van der Waals surface area (Å²) in [7, 11) is 1.91. The van der Waals surface area contributed by atoms with Gasteiger partial charge in [0.25, 0.3) is 0 Å². The zero-order valence-corrected chi connectivity index (χ0v) is 5.81. The zero-order valence-electron chi connectivity index (χ0n) is 5.81. The van der Waals surface area contributed by atoms with E-state index in [0.29, 0.717) is 0 Å². The highest BCUT2D eigenvalue weighted by Crippen LogP contribution is 1.79. The molecule has 0 fully saturated rings. The Morgan fingerprint density at radius 3 is 2.38 bits per heavy atom. The second-order valence-corrected chi connectivity index (χ2v) is 1.49. The molecule has 0 spiro atoms. The van der Waals surface area contributed by atoms with Crippen molar-refractivity contribution in [1.29, 1.82) is 0 Å². The van der Waals surface area contributed by atoms with Gasteiger partial charge in [-0.05, 0) is 13.8 Å². The number of nitrogens with one attached hydrogen (secondary N) is 1. The van der Waals surface area contributed by atoms with Gasteiger partial charge in [0.15, 0.2) is 0 Å². The van der Waals surface area contributed by atoms with Gasteiger partial charge in [-0.3, -0.25) is 0 Å². The second kappa shape index (κ2) is 4.65. The molecule has 0 aliphatic carbocycles. The summed E-state index contributed by atoms with van der Waals surface area (Å²) in [6, 6.07) is 0. The Hall–Kier alpha value is -0.500. The number of hydrogen-bond acceptors (Lipinski definition) is 2. The van der Waals surface area contributed by atoms with Gasteiger partial charge in [0.1, 0.15) is 0 Å². The van der Waals surface area contributed by atoms with Gasteiger partial charge in [-0.2, -0.15) is 0 Å². The van der Waals surface area contributed by atoms with E-state index in [1.54, 1.807) is 0 Å². The first-order valence-corrected chi connectivity index (χ1v) is 2.92. The van der Waals surface area contributed by atoms with Crippen molar-refractivity contribution in [2.75, 3.05) is 13.6 Å². The summed E-state index contributed by atoms with van der Waals surface area (Å²) in [6.45, 7) is 5.09. The van der Waals surface area contributed by atoms with Gasteiger partial charge >= 0.3 is 0 Å². The molecule has 2 heteroatoms. The maximum Gasteiger partial charge on any atom is 0.0309 e. The molecule has 0 rings (SSSR count). The van der Waals surface area contributed by atoms with E-state index in [1.165, 1.54) is 0 Å². The molecule has 0 heterocycles. The average Bonchev–Trinajstić information content (AvgIpc) is 1.83. The number of nitrogens with zero attached hydrogens (tertiary/aromatic N) is 1. The highest BCUT2D eigenvalue weighted by atomic mass is 15.5. The third-order valence-corrected chi connectivity index (χ3v) is 0.957. The van der Waals surface area contributed by atoms with Crippen LogP contribution in [0.2, 0.25) is 0 Å². The fourth-order valence-corrected chi connectivity index (χ4v) is 0.518. The first kappa shape index (κ1) is 7.50. The van der Waals surface area contributed by atoms with Crippen LogP contribution in [0.15, 0.2) is 12.3 Å². The average molecular weight is 114 g/mol. The van der Waals surface area contributed by atoms with Gasteiger partial charge in [0.2, 0.25) is 0 Å². The van der Waals surface area contributed by atoms with Gasteiger partial charge < -0.3 is 5.01 Å². The summed E-state index contributed by atoms with van der Waals surface area (Å²) in [6.07, 6.45) is 4.00. The van der Waals surface area contributed by atoms with Crippen LogP contribution in [0.4, 0.5) is 0 Å². The molecular weight excluding hydrogens is 100 g/mol. The van der Waals surface area contributed by atoms with E-state index >= 15 is 0 Å². The van der Waals surface area contributed by atoms with Crippen LogP contribution in [-0.4, -0.2) is 18.6 Å².